The van der Waals surface area contributed by atoms with E-state index in [0.717, 1.165) is 6.42 Å². The van der Waals surface area contributed by atoms with Gasteiger partial charge in [-0.1, -0.05) is 30.1 Å². The molecule has 0 aliphatic rings. The fraction of sp³-hybridized carbons (Fsp3) is 0.500. The lowest BCUT2D eigenvalue weighted by atomic mass is 10.3. The molecule has 0 spiro atoms. The smallest absolute Gasteiger partial charge is 0.232 e. The molecule has 0 saturated heterocycles. The second-order valence-electron chi connectivity index (χ2n) is 4.01. The normalized spacial score (nSPS) is 13.2. The van der Waals surface area contributed by atoms with Crippen LogP contribution in [0, 0.1) is 0 Å². The molecule has 1 aromatic heterocycles. The quantitative estimate of drug-likeness (QED) is 0.481. The van der Waals surface area contributed by atoms with E-state index < -0.39 is 0 Å². The highest BCUT2D eigenvalue weighted by Gasteiger charge is 2.04. The van der Waals surface area contributed by atoms with Crippen molar-refractivity contribution in [2.75, 3.05) is 13.2 Å². The van der Waals surface area contributed by atoms with Crippen LogP contribution < -0.4 is 15.8 Å². The highest BCUT2D eigenvalue weighted by Crippen LogP contribution is 2.24. The Kier molecular flexibility index (Phi) is 6.73. The summed E-state index contributed by atoms with van der Waals surface area (Å²) in [4.78, 5) is 8.11. The van der Waals surface area contributed by atoms with Gasteiger partial charge in [-0.15, -0.1) is 0 Å². The fourth-order valence-electron chi connectivity index (χ4n) is 1.22. The van der Waals surface area contributed by atoms with Crippen molar-refractivity contribution in [3.05, 3.63) is 22.3 Å². The molecule has 0 aliphatic carbocycles. The fourth-order valence-corrected chi connectivity index (χ4v) is 1.65. The van der Waals surface area contributed by atoms with E-state index in [2.05, 4.69) is 22.2 Å². The minimum atomic E-state index is 0.303. The average molecular weight is 305 g/mol. The van der Waals surface area contributed by atoms with Crippen molar-refractivity contribution in [2.45, 2.75) is 26.3 Å². The maximum atomic E-state index is 5.91. The maximum absolute atomic E-state index is 5.91. The molecule has 1 aromatic rings. The van der Waals surface area contributed by atoms with Crippen LogP contribution in [0.25, 0.3) is 0 Å². The van der Waals surface area contributed by atoms with Crippen LogP contribution in [0.2, 0.25) is 10.0 Å². The van der Waals surface area contributed by atoms with Gasteiger partial charge < -0.3 is 15.8 Å². The first-order valence-electron chi connectivity index (χ1n) is 6.03. The number of hydrogen-bond acceptors (Lipinski definition) is 3. The van der Waals surface area contributed by atoms with Gasteiger partial charge in [-0.2, -0.15) is 0 Å². The Balaban J connectivity index is 2.36. The van der Waals surface area contributed by atoms with Crippen molar-refractivity contribution in [1.29, 1.82) is 0 Å². The Bertz CT molecular complexity index is 440. The molecule has 1 rings (SSSR count). The lowest BCUT2D eigenvalue weighted by Crippen LogP contribution is -2.38. The van der Waals surface area contributed by atoms with E-state index in [4.69, 9.17) is 33.7 Å². The van der Waals surface area contributed by atoms with Crippen LogP contribution in [0.1, 0.15) is 20.3 Å². The molecule has 5 nitrogen and oxygen atoms in total. The number of ether oxygens (including phenoxy) is 1. The summed E-state index contributed by atoms with van der Waals surface area (Å²) >= 11 is 11.6. The number of nitrogens with one attached hydrogen (secondary N) is 1. The molecular weight excluding hydrogens is 287 g/mol. The molecule has 7 heteroatoms. The Morgan fingerprint density at radius 3 is 2.95 bits per heavy atom. The third-order valence-corrected chi connectivity index (χ3v) is 2.87. The van der Waals surface area contributed by atoms with E-state index in [1.165, 1.54) is 6.20 Å². The zero-order chi connectivity index (χ0) is 14.3. The second kappa shape index (κ2) is 8.07. The number of rotatable bonds is 6. The molecule has 1 atom stereocenters. The molecule has 0 radical (unpaired) electrons. The van der Waals surface area contributed by atoms with Gasteiger partial charge in [0.15, 0.2) is 5.96 Å². The summed E-state index contributed by atoms with van der Waals surface area (Å²) in [6.45, 7) is 4.88. The first-order chi connectivity index (χ1) is 9.02. The molecule has 0 aromatic carbocycles. The SMILES string of the molecule is CCC(C)NC(N)=NCCOc1ncc(Cl)cc1Cl. The molecule has 3 N–H and O–H groups in total. The van der Waals surface area contributed by atoms with Crippen molar-refractivity contribution in [2.24, 2.45) is 10.7 Å². The minimum Gasteiger partial charge on any atom is -0.475 e. The Morgan fingerprint density at radius 1 is 1.58 bits per heavy atom. The first-order valence-corrected chi connectivity index (χ1v) is 6.78. The number of nitrogens with two attached hydrogens (primary N) is 1. The first kappa shape index (κ1) is 15.9. The number of halogens is 2. The average Bonchev–Trinajstić information content (AvgIpc) is 2.36. The molecule has 19 heavy (non-hydrogen) atoms. The number of aromatic nitrogens is 1. The van der Waals surface area contributed by atoms with Crippen molar-refractivity contribution >= 4 is 29.2 Å². The summed E-state index contributed by atoms with van der Waals surface area (Å²) in [7, 11) is 0. The van der Waals surface area contributed by atoms with Crippen LogP contribution >= 0.6 is 23.2 Å². The van der Waals surface area contributed by atoms with Gasteiger partial charge in [0.25, 0.3) is 0 Å². The molecule has 0 aliphatic heterocycles. The van der Waals surface area contributed by atoms with E-state index in [1.54, 1.807) is 6.07 Å². The Hall–Kier alpha value is -1.20. The zero-order valence-corrected chi connectivity index (χ0v) is 12.5. The number of guanidine groups is 1. The standard InChI is InChI=1S/C12H18Cl2N4O/c1-3-8(2)18-12(15)16-4-5-19-11-10(14)6-9(13)7-17-11/h6-8H,3-5H2,1-2H3,(H3,15,16,18). The van der Waals surface area contributed by atoms with Crippen molar-refractivity contribution < 1.29 is 4.74 Å². The molecule has 1 unspecified atom stereocenters. The molecular formula is C12H18Cl2N4O. The minimum absolute atomic E-state index is 0.303. The van der Waals surface area contributed by atoms with Crippen molar-refractivity contribution in [3.63, 3.8) is 0 Å². The summed E-state index contributed by atoms with van der Waals surface area (Å²) in [5.41, 5.74) is 5.70. The number of pyridine rings is 1. The molecule has 0 bridgehead atoms. The van der Waals surface area contributed by atoms with Gasteiger partial charge in [-0.05, 0) is 19.4 Å². The molecule has 106 valence electrons. The highest BCUT2D eigenvalue weighted by atomic mass is 35.5. The zero-order valence-electron chi connectivity index (χ0n) is 11.0. The van der Waals surface area contributed by atoms with E-state index in [9.17, 15) is 0 Å². The van der Waals surface area contributed by atoms with Gasteiger partial charge in [-0.3, -0.25) is 0 Å². The molecule has 1 heterocycles. The van der Waals surface area contributed by atoms with Crippen LogP contribution in [-0.2, 0) is 0 Å². The molecule has 0 amide bonds. The van der Waals surface area contributed by atoms with Gasteiger partial charge >= 0.3 is 0 Å². The van der Waals surface area contributed by atoms with Gasteiger partial charge in [0.2, 0.25) is 5.88 Å². The summed E-state index contributed by atoms with van der Waals surface area (Å²) in [5.74, 6) is 0.753. The second-order valence-corrected chi connectivity index (χ2v) is 4.85. The lowest BCUT2D eigenvalue weighted by Gasteiger charge is -2.11. The number of hydrogen-bond donors (Lipinski definition) is 2. The largest absolute Gasteiger partial charge is 0.475 e. The van der Waals surface area contributed by atoms with Gasteiger partial charge in [0, 0.05) is 12.2 Å². The number of aliphatic imine (C=N–C) groups is 1. The van der Waals surface area contributed by atoms with Crippen LogP contribution in [0.15, 0.2) is 17.3 Å². The van der Waals surface area contributed by atoms with E-state index >= 15 is 0 Å². The van der Waals surface area contributed by atoms with Gasteiger partial charge in [-0.25, -0.2) is 9.98 Å². The van der Waals surface area contributed by atoms with Gasteiger partial charge in [0.05, 0.1) is 11.6 Å². The van der Waals surface area contributed by atoms with Crippen LogP contribution in [0.5, 0.6) is 5.88 Å². The lowest BCUT2D eigenvalue weighted by molar-refractivity contribution is 0.316. The van der Waals surface area contributed by atoms with Crippen molar-refractivity contribution in [3.8, 4) is 5.88 Å². The third-order valence-electron chi connectivity index (χ3n) is 2.39. The third kappa shape index (κ3) is 5.98. The van der Waals surface area contributed by atoms with Crippen molar-refractivity contribution in [1.82, 2.24) is 10.3 Å². The molecule has 0 fully saturated rings. The van der Waals surface area contributed by atoms with E-state index in [0.29, 0.717) is 41.1 Å². The topological polar surface area (TPSA) is 72.5 Å². The highest BCUT2D eigenvalue weighted by molar-refractivity contribution is 6.35. The predicted molar refractivity (Wildman–Crippen MR) is 79.1 cm³/mol. The monoisotopic (exact) mass is 304 g/mol. The summed E-state index contributed by atoms with van der Waals surface area (Å²) < 4.78 is 5.38. The Labute approximate surface area is 123 Å². The summed E-state index contributed by atoms with van der Waals surface area (Å²) in [6.07, 6.45) is 2.46. The number of nitrogens with zero attached hydrogens (tertiary/aromatic N) is 2. The van der Waals surface area contributed by atoms with E-state index in [1.807, 2.05) is 6.92 Å². The summed E-state index contributed by atoms with van der Waals surface area (Å²) in [5, 5.41) is 3.91. The predicted octanol–water partition coefficient (Wildman–Crippen LogP) is 2.47. The van der Waals surface area contributed by atoms with Gasteiger partial charge in [0.1, 0.15) is 11.6 Å². The maximum Gasteiger partial charge on any atom is 0.232 e. The van der Waals surface area contributed by atoms with E-state index in [-0.39, 0.29) is 0 Å². The van der Waals surface area contributed by atoms with Crippen LogP contribution in [-0.4, -0.2) is 30.1 Å². The molecule has 0 saturated carbocycles. The van der Waals surface area contributed by atoms with Crippen LogP contribution in [0.4, 0.5) is 0 Å². The Morgan fingerprint density at radius 2 is 2.32 bits per heavy atom. The van der Waals surface area contributed by atoms with Crippen LogP contribution in [0.3, 0.4) is 0 Å². The summed E-state index contributed by atoms with van der Waals surface area (Å²) in [6, 6.07) is 1.88.